The van der Waals surface area contributed by atoms with Crippen LogP contribution in [0, 0.1) is 0 Å². The lowest BCUT2D eigenvalue weighted by atomic mass is 10.1. The zero-order chi connectivity index (χ0) is 17.3. The molecule has 3 rings (SSSR count). The van der Waals surface area contributed by atoms with Gasteiger partial charge in [-0.3, -0.25) is 4.79 Å². The highest BCUT2D eigenvalue weighted by molar-refractivity contribution is 6.34. The normalized spacial score (nSPS) is 13.8. The summed E-state index contributed by atoms with van der Waals surface area (Å²) in [6, 6.07) is 8.67. The van der Waals surface area contributed by atoms with Crippen LogP contribution in [0.3, 0.4) is 0 Å². The summed E-state index contributed by atoms with van der Waals surface area (Å²) < 4.78 is 37.8. The molecule has 24 heavy (non-hydrogen) atoms. The van der Waals surface area contributed by atoms with Crippen LogP contribution in [0.4, 0.5) is 24.5 Å². The first kappa shape index (κ1) is 16.6. The zero-order valence-corrected chi connectivity index (χ0v) is 13.3. The number of halogens is 4. The van der Waals surface area contributed by atoms with Crippen LogP contribution in [0.25, 0.3) is 0 Å². The summed E-state index contributed by atoms with van der Waals surface area (Å²) >= 11 is 6.31. The maximum absolute atomic E-state index is 12.6. The molecular weight excluding hydrogens is 341 g/mol. The Kier molecular flexibility index (Phi) is 4.41. The van der Waals surface area contributed by atoms with E-state index in [1.54, 1.807) is 6.07 Å². The number of anilines is 2. The van der Waals surface area contributed by atoms with Gasteiger partial charge < -0.3 is 10.2 Å². The van der Waals surface area contributed by atoms with E-state index >= 15 is 0 Å². The number of carbonyl (C=O) groups is 1. The summed E-state index contributed by atoms with van der Waals surface area (Å²) in [6.45, 7) is 1.20. The zero-order valence-electron chi connectivity index (χ0n) is 12.5. The molecule has 0 radical (unpaired) electrons. The van der Waals surface area contributed by atoms with E-state index in [-0.39, 0.29) is 0 Å². The van der Waals surface area contributed by atoms with Gasteiger partial charge in [-0.15, -0.1) is 0 Å². The van der Waals surface area contributed by atoms with Crippen molar-refractivity contribution in [1.29, 1.82) is 0 Å². The van der Waals surface area contributed by atoms with Crippen molar-refractivity contribution in [2.75, 3.05) is 16.8 Å². The lowest BCUT2D eigenvalue weighted by Crippen LogP contribution is -2.20. The van der Waals surface area contributed by atoms with Gasteiger partial charge in [-0.1, -0.05) is 23.7 Å². The second-order valence-corrected chi connectivity index (χ2v) is 6.00. The van der Waals surface area contributed by atoms with E-state index in [4.69, 9.17) is 11.6 Å². The Morgan fingerprint density at radius 1 is 1.21 bits per heavy atom. The van der Waals surface area contributed by atoms with Gasteiger partial charge in [0.1, 0.15) is 0 Å². The average molecular weight is 355 g/mol. The third-order valence-electron chi connectivity index (χ3n) is 3.99. The second kappa shape index (κ2) is 6.36. The van der Waals surface area contributed by atoms with Gasteiger partial charge in [0, 0.05) is 18.8 Å². The van der Waals surface area contributed by atoms with Crippen molar-refractivity contribution < 1.29 is 18.0 Å². The molecule has 2 aromatic carbocycles. The molecule has 1 N–H and O–H groups in total. The SMILES string of the molecule is O=CNc1cc(Cl)c2c(c1)CCN2Cc1ccc(C(F)(F)F)cc1. The van der Waals surface area contributed by atoms with Crippen molar-refractivity contribution in [3.63, 3.8) is 0 Å². The Morgan fingerprint density at radius 2 is 1.92 bits per heavy atom. The van der Waals surface area contributed by atoms with Gasteiger partial charge in [0.05, 0.1) is 16.3 Å². The Bertz CT molecular complexity index is 760. The minimum Gasteiger partial charge on any atom is -0.365 e. The van der Waals surface area contributed by atoms with Crippen LogP contribution in [0.2, 0.25) is 5.02 Å². The molecule has 126 valence electrons. The van der Waals surface area contributed by atoms with Gasteiger partial charge in [0.15, 0.2) is 0 Å². The molecule has 0 spiro atoms. The molecule has 1 aliphatic heterocycles. The van der Waals surface area contributed by atoms with Gasteiger partial charge in [0.25, 0.3) is 0 Å². The third kappa shape index (κ3) is 3.33. The van der Waals surface area contributed by atoms with Crippen LogP contribution in [0.1, 0.15) is 16.7 Å². The fourth-order valence-corrected chi connectivity index (χ4v) is 3.26. The topological polar surface area (TPSA) is 32.3 Å². The Labute approximate surface area is 142 Å². The van der Waals surface area contributed by atoms with Crippen LogP contribution in [0.15, 0.2) is 36.4 Å². The van der Waals surface area contributed by atoms with Crippen molar-refractivity contribution in [3.8, 4) is 0 Å². The molecule has 0 atom stereocenters. The maximum Gasteiger partial charge on any atom is 0.416 e. The minimum absolute atomic E-state index is 0.477. The van der Waals surface area contributed by atoms with Crippen LogP contribution in [0.5, 0.6) is 0 Å². The van der Waals surface area contributed by atoms with Gasteiger partial charge in [-0.2, -0.15) is 13.2 Å². The van der Waals surface area contributed by atoms with E-state index in [0.29, 0.717) is 23.7 Å². The molecule has 0 fully saturated rings. The molecule has 2 aromatic rings. The molecule has 1 heterocycles. The number of hydrogen-bond donors (Lipinski definition) is 1. The van der Waals surface area contributed by atoms with Crippen LogP contribution in [-0.4, -0.2) is 13.0 Å². The number of benzene rings is 2. The van der Waals surface area contributed by atoms with E-state index in [9.17, 15) is 18.0 Å². The van der Waals surface area contributed by atoms with Crippen molar-refractivity contribution in [1.82, 2.24) is 0 Å². The summed E-state index contributed by atoms with van der Waals surface area (Å²) in [5.41, 5.74) is 2.63. The summed E-state index contributed by atoms with van der Waals surface area (Å²) in [4.78, 5) is 12.6. The van der Waals surface area contributed by atoms with Crippen molar-refractivity contribution in [3.05, 3.63) is 58.1 Å². The van der Waals surface area contributed by atoms with Crippen molar-refractivity contribution >= 4 is 29.4 Å². The smallest absolute Gasteiger partial charge is 0.365 e. The Morgan fingerprint density at radius 3 is 2.54 bits per heavy atom. The lowest BCUT2D eigenvalue weighted by Gasteiger charge is -2.21. The van der Waals surface area contributed by atoms with Crippen molar-refractivity contribution in [2.45, 2.75) is 19.1 Å². The highest BCUT2D eigenvalue weighted by Crippen LogP contribution is 2.38. The van der Waals surface area contributed by atoms with E-state index < -0.39 is 11.7 Å². The first-order valence-electron chi connectivity index (χ1n) is 7.32. The molecule has 1 aliphatic rings. The molecule has 0 aromatic heterocycles. The highest BCUT2D eigenvalue weighted by Gasteiger charge is 2.30. The molecule has 3 nitrogen and oxygen atoms in total. The predicted molar refractivity (Wildman–Crippen MR) is 87.3 cm³/mol. The summed E-state index contributed by atoms with van der Waals surface area (Å²) in [5.74, 6) is 0. The molecule has 0 saturated carbocycles. The van der Waals surface area contributed by atoms with Gasteiger partial charge in [-0.25, -0.2) is 0 Å². The van der Waals surface area contributed by atoms with Gasteiger partial charge in [-0.05, 0) is 41.8 Å². The number of rotatable bonds is 4. The molecule has 1 amide bonds. The first-order valence-corrected chi connectivity index (χ1v) is 7.70. The molecule has 0 unspecified atom stereocenters. The van der Waals surface area contributed by atoms with Crippen molar-refractivity contribution in [2.24, 2.45) is 0 Å². The van der Waals surface area contributed by atoms with Gasteiger partial charge >= 0.3 is 6.18 Å². The molecule has 0 saturated heterocycles. The summed E-state index contributed by atoms with van der Waals surface area (Å²) in [5, 5.41) is 3.09. The fourth-order valence-electron chi connectivity index (χ4n) is 2.90. The fraction of sp³-hybridized carbons (Fsp3) is 0.235. The molecule has 0 aliphatic carbocycles. The van der Waals surface area contributed by atoms with Crippen LogP contribution in [-0.2, 0) is 23.9 Å². The second-order valence-electron chi connectivity index (χ2n) is 5.59. The summed E-state index contributed by atoms with van der Waals surface area (Å²) in [7, 11) is 0. The third-order valence-corrected chi connectivity index (χ3v) is 4.28. The lowest BCUT2D eigenvalue weighted by molar-refractivity contribution is -0.137. The van der Waals surface area contributed by atoms with E-state index in [2.05, 4.69) is 5.32 Å². The first-order chi connectivity index (χ1) is 11.4. The monoisotopic (exact) mass is 354 g/mol. The van der Waals surface area contributed by atoms with Gasteiger partial charge in [0.2, 0.25) is 6.41 Å². The number of alkyl halides is 3. The molecule has 7 heteroatoms. The van der Waals surface area contributed by atoms with E-state index in [1.807, 2.05) is 11.0 Å². The Hall–Kier alpha value is -2.21. The van der Waals surface area contributed by atoms with Crippen LogP contribution < -0.4 is 10.2 Å². The number of amides is 1. The highest BCUT2D eigenvalue weighted by atomic mass is 35.5. The Balaban J connectivity index is 1.81. The van der Waals surface area contributed by atoms with Crippen LogP contribution >= 0.6 is 11.6 Å². The molecule has 0 bridgehead atoms. The number of nitrogens with one attached hydrogen (secondary N) is 1. The standard InChI is InChI=1S/C17H14ClF3N2O/c18-15-8-14(22-10-24)7-12-5-6-23(16(12)15)9-11-1-3-13(4-2-11)17(19,20)21/h1-4,7-8,10H,5-6,9H2,(H,22,24). The molecular formula is C17H14ClF3N2O. The minimum atomic E-state index is -4.33. The van der Waals surface area contributed by atoms with E-state index in [1.165, 1.54) is 12.1 Å². The predicted octanol–water partition coefficient (Wildman–Crippen LogP) is 4.49. The summed E-state index contributed by atoms with van der Waals surface area (Å²) in [6.07, 6.45) is -2.97. The maximum atomic E-state index is 12.6. The quantitative estimate of drug-likeness (QED) is 0.820. The largest absolute Gasteiger partial charge is 0.416 e. The number of nitrogens with zero attached hydrogens (tertiary/aromatic N) is 1. The van der Waals surface area contributed by atoms with E-state index in [0.717, 1.165) is 41.9 Å². The number of hydrogen-bond acceptors (Lipinski definition) is 2. The number of fused-ring (bicyclic) bond motifs is 1. The number of carbonyl (C=O) groups excluding carboxylic acids is 1. The average Bonchev–Trinajstić information content (AvgIpc) is 2.90.